The topological polar surface area (TPSA) is 72.5 Å². The maximum atomic E-state index is 10.9. The molecule has 3 N–H and O–H groups in total. The van der Waals surface area contributed by atoms with Crippen LogP contribution in [0.4, 0.5) is 0 Å². The predicted octanol–water partition coefficient (Wildman–Crippen LogP) is 2.34. The molecule has 1 aromatic rings. The van der Waals surface area contributed by atoms with Crippen LogP contribution >= 0.6 is 0 Å². The van der Waals surface area contributed by atoms with E-state index in [1.54, 1.807) is 12.1 Å². The summed E-state index contributed by atoms with van der Waals surface area (Å²) < 4.78 is 5.41. The first-order valence-corrected chi connectivity index (χ1v) is 5.79. The summed E-state index contributed by atoms with van der Waals surface area (Å²) in [6.07, 6.45) is 0.500. The maximum absolute atomic E-state index is 10.9. The molecule has 0 heterocycles. The Hall–Kier alpha value is -1.55. The number of hydrogen-bond acceptors (Lipinski definition) is 3. The monoisotopic (exact) mass is 237 g/mol. The van der Waals surface area contributed by atoms with Gasteiger partial charge in [-0.15, -0.1) is 0 Å². The standard InChI is InChI=1S/C13H19NO3/c1-3-4-12(13(15)16)17-11-7-5-10(6-8-11)9(2)14/h5-9,12H,3-4,14H2,1-2H3,(H,15,16)/t9-,12?/m0/s1. The predicted molar refractivity (Wildman–Crippen MR) is 66.0 cm³/mol. The molecule has 0 aliphatic rings. The van der Waals surface area contributed by atoms with E-state index in [1.165, 1.54) is 0 Å². The molecular formula is C13H19NO3. The minimum atomic E-state index is -0.928. The number of hydrogen-bond donors (Lipinski definition) is 2. The Morgan fingerprint density at radius 2 is 2.00 bits per heavy atom. The van der Waals surface area contributed by atoms with Crippen molar-refractivity contribution < 1.29 is 14.6 Å². The van der Waals surface area contributed by atoms with Crippen molar-refractivity contribution >= 4 is 5.97 Å². The smallest absolute Gasteiger partial charge is 0.344 e. The van der Waals surface area contributed by atoms with Crippen LogP contribution in [0.2, 0.25) is 0 Å². The van der Waals surface area contributed by atoms with E-state index in [2.05, 4.69) is 0 Å². The molecule has 0 aromatic heterocycles. The number of benzene rings is 1. The van der Waals surface area contributed by atoms with Gasteiger partial charge in [0.2, 0.25) is 0 Å². The molecule has 1 aromatic carbocycles. The molecular weight excluding hydrogens is 218 g/mol. The normalized spacial score (nSPS) is 14.1. The molecule has 0 amide bonds. The highest BCUT2D eigenvalue weighted by Gasteiger charge is 2.17. The van der Waals surface area contributed by atoms with Crippen molar-refractivity contribution in [2.75, 3.05) is 0 Å². The lowest BCUT2D eigenvalue weighted by Gasteiger charge is -2.15. The molecule has 0 spiro atoms. The molecule has 0 saturated carbocycles. The van der Waals surface area contributed by atoms with E-state index in [1.807, 2.05) is 26.0 Å². The summed E-state index contributed by atoms with van der Waals surface area (Å²) in [5, 5.41) is 8.96. The van der Waals surface area contributed by atoms with Crippen LogP contribution in [0.1, 0.15) is 38.3 Å². The fourth-order valence-corrected chi connectivity index (χ4v) is 1.51. The lowest BCUT2D eigenvalue weighted by molar-refractivity contribution is -0.145. The van der Waals surface area contributed by atoms with E-state index in [0.29, 0.717) is 12.2 Å². The Morgan fingerprint density at radius 1 is 1.41 bits per heavy atom. The highest BCUT2D eigenvalue weighted by atomic mass is 16.5. The second kappa shape index (κ2) is 6.25. The number of rotatable bonds is 6. The zero-order valence-electron chi connectivity index (χ0n) is 10.2. The molecule has 4 heteroatoms. The summed E-state index contributed by atoms with van der Waals surface area (Å²) in [5.41, 5.74) is 6.73. The summed E-state index contributed by atoms with van der Waals surface area (Å²) in [6, 6.07) is 7.18. The average molecular weight is 237 g/mol. The van der Waals surface area contributed by atoms with Crippen LogP contribution in [0, 0.1) is 0 Å². The molecule has 2 atom stereocenters. The quantitative estimate of drug-likeness (QED) is 0.796. The van der Waals surface area contributed by atoms with Gasteiger partial charge in [-0.3, -0.25) is 0 Å². The van der Waals surface area contributed by atoms with Crippen LogP contribution in [0.3, 0.4) is 0 Å². The van der Waals surface area contributed by atoms with Crippen LogP contribution in [0.25, 0.3) is 0 Å². The van der Waals surface area contributed by atoms with E-state index in [9.17, 15) is 4.79 Å². The Morgan fingerprint density at radius 3 is 2.41 bits per heavy atom. The first-order valence-electron chi connectivity index (χ1n) is 5.79. The number of ether oxygens (including phenoxy) is 1. The van der Waals surface area contributed by atoms with Crippen molar-refractivity contribution in [3.8, 4) is 5.75 Å². The summed E-state index contributed by atoms with van der Waals surface area (Å²) in [4.78, 5) is 10.9. The van der Waals surface area contributed by atoms with Crippen LogP contribution in [0.5, 0.6) is 5.75 Å². The van der Waals surface area contributed by atoms with Gasteiger partial charge in [0.05, 0.1) is 0 Å². The third-order valence-corrected chi connectivity index (χ3v) is 2.51. The SMILES string of the molecule is CCCC(Oc1ccc([C@H](C)N)cc1)C(=O)O. The minimum absolute atomic E-state index is 0.0324. The molecule has 0 saturated heterocycles. The molecule has 94 valence electrons. The van der Waals surface area contributed by atoms with Gasteiger partial charge >= 0.3 is 5.97 Å². The number of nitrogens with two attached hydrogens (primary N) is 1. The van der Waals surface area contributed by atoms with Gasteiger partial charge in [0.15, 0.2) is 6.10 Å². The largest absolute Gasteiger partial charge is 0.479 e. The zero-order chi connectivity index (χ0) is 12.8. The van der Waals surface area contributed by atoms with E-state index in [0.717, 1.165) is 12.0 Å². The number of carboxylic acids is 1. The second-order valence-corrected chi connectivity index (χ2v) is 4.09. The Bertz CT molecular complexity index is 359. The lowest BCUT2D eigenvalue weighted by atomic mass is 10.1. The lowest BCUT2D eigenvalue weighted by Crippen LogP contribution is -2.26. The van der Waals surface area contributed by atoms with E-state index < -0.39 is 12.1 Å². The van der Waals surface area contributed by atoms with Gasteiger partial charge in [0, 0.05) is 6.04 Å². The van der Waals surface area contributed by atoms with Crippen molar-refractivity contribution in [1.82, 2.24) is 0 Å². The summed E-state index contributed by atoms with van der Waals surface area (Å²) in [7, 11) is 0. The molecule has 0 bridgehead atoms. The molecule has 17 heavy (non-hydrogen) atoms. The van der Waals surface area contributed by atoms with E-state index in [4.69, 9.17) is 15.6 Å². The number of aliphatic carboxylic acids is 1. The van der Waals surface area contributed by atoms with Crippen LogP contribution in [0.15, 0.2) is 24.3 Å². The third-order valence-electron chi connectivity index (χ3n) is 2.51. The summed E-state index contributed by atoms with van der Waals surface area (Å²) >= 11 is 0. The molecule has 0 aliphatic carbocycles. The van der Waals surface area contributed by atoms with Crippen molar-refractivity contribution in [2.24, 2.45) is 5.73 Å². The third kappa shape index (κ3) is 4.07. The van der Waals surface area contributed by atoms with Gasteiger partial charge in [-0.1, -0.05) is 25.5 Å². The van der Waals surface area contributed by atoms with Crippen molar-refractivity contribution in [2.45, 2.75) is 38.8 Å². The molecule has 0 fully saturated rings. The van der Waals surface area contributed by atoms with Crippen LogP contribution in [-0.4, -0.2) is 17.2 Å². The first kappa shape index (κ1) is 13.5. The maximum Gasteiger partial charge on any atom is 0.344 e. The van der Waals surface area contributed by atoms with Crippen molar-refractivity contribution in [1.29, 1.82) is 0 Å². The molecule has 0 radical (unpaired) electrons. The van der Waals surface area contributed by atoms with Gasteiger partial charge in [0.25, 0.3) is 0 Å². The molecule has 4 nitrogen and oxygen atoms in total. The van der Waals surface area contributed by atoms with Crippen molar-refractivity contribution in [3.05, 3.63) is 29.8 Å². The van der Waals surface area contributed by atoms with Crippen molar-refractivity contribution in [3.63, 3.8) is 0 Å². The van der Waals surface area contributed by atoms with Gasteiger partial charge < -0.3 is 15.6 Å². The minimum Gasteiger partial charge on any atom is -0.479 e. The highest BCUT2D eigenvalue weighted by Crippen LogP contribution is 2.18. The summed E-state index contributed by atoms with van der Waals surface area (Å²) in [6.45, 7) is 3.82. The van der Waals surface area contributed by atoms with Gasteiger partial charge in [-0.2, -0.15) is 0 Å². The van der Waals surface area contributed by atoms with Gasteiger partial charge in [0.1, 0.15) is 5.75 Å². The second-order valence-electron chi connectivity index (χ2n) is 4.09. The summed E-state index contributed by atoms with van der Waals surface area (Å²) in [5.74, 6) is -0.363. The zero-order valence-corrected chi connectivity index (χ0v) is 10.2. The Kier molecular flexibility index (Phi) is 4.97. The number of carboxylic acid groups (broad SMARTS) is 1. The molecule has 0 aliphatic heterocycles. The Labute approximate surface area is 101 Å². The highest BCUT2D eigenvalue weighted by molar-refractivity contribution is 5.72. The Balaban J connectivity index is 2.70. The fourth-order valence-electron chi connectivity index (χ4n) is 1.51. The first-order chi connectivity index (χ1) is 8.04. The van der Waals surface area contributed by atoms with Gasteiger partial charge in [-0.25, -0.2) is 4.79 Å². The average Bonchev–Trinajstić information content (AvgIpc) is 2.29. The van der Waals surface area contributed by atoms with Crippen LogP contribution in [-0.2, 0) is 4.79 Å². The van der Waals surface area contributed by atoms with E-state index in [-0.39, 0.29) is 6.04 Å². The molecule has 1 rings (SSSR count). The van der Waals surface area contributed by atoms with Crippen LogP contribution < -0.4 is 10.5 Å². The van der Waals surface area contributed by atoms with Gasteiger partial charge in [-0.05, 0) is 31.0 Å². The van der Waals surface area contributed by atoms with E-state index >= 15 is 0 Å². The fraction of sp³-hybridized carbons (Fsp3) is 0.462. The number of carbonyl (C=O) groups is 1. The molecule has 1 unspecified atom stereocenters.